The number of fused-ring (bicyclic) bond motifs is 1. The van der Waals surface area contributed by atoms with E-state index < -0.39 is 0 Å². The van der Waals surface area contributed by atoms with Crippen molar-refractivity contribution in [1.29, 1.82) is 0 Å². The van der Waals surface area contributed by atoms with Gasteiger partial charge in [0.25, 0.3) is 0 Å². The van der Waals surface area contributed by atoms with Gasteiger partial charge in [-0.3, -0.25) is 4.57 Å². The molecule has 0 atom stereocenters. The van der Waals surface area contributed by atoms with Crippen molar-refractivity contribution < 1.29 is 0 Å². The Morgan fingerprint density at radius 1 is 1.15 bits per heavy atom. The van der Waals surface area contributed by atoms with Crippen molar-refractivity contribution in [3.05, 3.63) is 44.7 Å². The molecule has 0 amide bonds. The van der Waals surface area contributed by atoms with E-state index in [4.69, 9.17) is 5.73 Å². The molecule has 2 aromatic heterocycles. The normalized spacial score (nSPS) is 11.2. The predicted molar refractivity (Wildman–Crippen MR) is 88.2 cm³/mol. The lowest BCUT2D eigenvalue weighted by Crippen LogP contribution is -2.00. The number of nitrogen functional groups attached to an aromatic ring is 1. The molecule has 0 aliphatic rings. The summed E-state index contributed by atoms with van der Waals surface area (Å²) in [7, 11) is 0. The van der Waals surface area contributed by atoms with Gasteiger partial charge in [0.1, 0.15) is 12.1 Å². The topological polar surface area (TPSA) is 56.7 Å². The largest absolute Gasteiger partial charge is 0.383 e. The molecule has 0 unspecified atom stereocenters. The molecule has 2 heterocycles. The number of nitrogens with zero attached hydrogens (tertiary/aromatic N) is 3. The molecule has 4 nitrogen and oxygen atoms in total. The summed E-state index contributed by atoms with van der Waals surface area (Å²) in [6.45, 7) is 4.10. The van der Waals surface area contributed by atoms with Gasteiger partial charge in [0.2, 0.25) is 0 Å². The smallest absolute Gasteiger partial charge is 0.150 e. The SMILES string of the molecule is Cc1c(C)n(-c2ccc(Br)cc2Br)c2ncnc(N)c12. The van der Waals surface area contributed by atoms with E-state index in [2.05, 4.69) is 53.3 Å². The highest BCUT2D eigenvalue weighted by atomic mass is 79.9. The lowest BCUT2D eigenvalue weighted by Gasteiger charge is -2.10. The third kappa shape index (κ3) is 1.94. The first kappa shape index (κ1) is 13.6. The van der Waals surface area contributed by atoms with E-state index in [0.717, 1.165) is 36.9 Å². The lowest BCUT2D eigenvalue weighted by molar-refractivity contribution is 1.01. The van der Waals surface area contributed by atoms with Gasteiger partial charge >= 0.3 is 0 Å². The van der Waals surface area contributed by atoms with E-state index >= 15 is 0 Å². The summed E-state index contributed by atoms with van der Waals surface area (Å²) in [5.74, 6) is 0.516. The van der Waals surface area contributed by atoms with Gasteiger partial charge in [-0.1, -0.05) is 15.9 Å². The van der Waals surface area contributed by atoms with E-state index in [0.29, 0.717) is 5.82 Å². The fraction of sp³-hybridized carbons (Fsp3) is 0.143. The Balaban J connectivity index is 2.42. The molecule has 0 bridgehead atoms. The van der Waals surface area contributed by atoms with Crippen molar-refractivity contribution in [1.82, 2.24) is 14.5 Å². The first-order chi connectivity index (χ1) is 9.50. The highest BCUT2D eigenvalue weighted by Crippen LogP contribution is 2.33. The van der Waals surface area contributed by atoms with Gasteiger partial charge in [-0.25, -0.2) is 9.97 Å². The molecule has 0 saturated heterocycles. The van der Waals surface area contributed by atoms with Crippen molar-refractivity contribution >= 4 is 48.7 Å². The van der Waals surface area contributed by atoms with Crippen LogP contribution in [0.5, 0.6) is 0 Å². The molecule has 0 fully saturated rings. The molecular formula is C14H12Br2N4. The third-order valence-corrected chi connectivity index (χ3v) is 4.60. The maximum absolute atomic E-state index is 6.00. The van der Waals surface area contributed by atoms with Crippen LogP contribution in [0.25, 0.3) is 16.7 Å². The Bertz CT molecular complexity index is 824. The second-order valence-electron chi connectivity index (χ2n) is 4.60. The summed E-state index contributed by atoms with van der Waals surface area (Å²) in [6.07, 6.45) is 1.50. The Kier molecular flexibility index (Phi) is 3.30. The summed E-state index contributed by atoms with van der Waals surface area (Å²) in [6, 6.07) is 6.06. The number of halogens is 2. The number of aryl methyl sites for hydroxylation is 1. The van der Waals surface area contributed by atoms with Gasteiger partial charge in [-0.15, -0.1) is 0 Å². The summed E-state index contributed by atoms with van der Waals surface area (Å²) < 4.78 is 4.11. The number of benzene rings is 1. The van der Waals surface area contributed by atoms with Crippen molar-refractivity contribution in [3.8, 4) is 5.69 Å². The zero-order chi connectivity index (χ0) is 14.4. The van der Waals surface area contributed by atoms with Crippen LogP contribution in [0, 0.1) is 13.8 Å². The van der Waals surface area contributed by atoms with Crippen LogP contribution in [-0.2, 0) is 0 Å². The predicted octanol–water partition coefficient (Wildman–Crippen LogP) is 4.14. The molecule has 0 aliphatic heterocycles. The number of anilines is 1. The summed E-state index contributed by atoms with van der Waals surface area (Å²) in [4.78, 5) is 8.49. The molecule has 0 saturated carbocycles. The Hall–Kier alpha value is -1.40. The molecule has 102 valence electrons. The molecule has 20 heavy (non-hydrogen) atoms. The molecule has 6 heteroatoms. The van der Waals surface area contributed by atoms with E-state index in [9.17, 15) is 0 Å². The molecular weight excluding hydrogens is 384 g/mol. The van der Waals surface area contributed by atoms with Crippen molar-refractivity contribution in [2.75, 3.05) is 5.73 Å². The third-order valence-electron chi connectivity index (χ3n) is 3.47. The zero-order valence-electron chi connectivity index (χ0n) is 11.0. The number of nitrogens with two attached hydrogens (primary N) is 1. The standard InChI is InChI=1S/C14H12Br2N4/c1-7-8(2)20(11-4-3-9(15)5-10(11)16)14-12(7)13(17)18-6-19-14/h3-6H,1-2H3,(H2,17,18,19). The molecule has 3 aromatic rings. The molecule has 0 spiro atoms. The van der Waals surface area contributed by atoms with E-state index in [1.54, 1.807) is 0 Å². The Morgan fingerprint density at radius 2 is 1.90 bits per heavy atom. The van der Waals surface area contributed by atoms with Gasteiger partial charge < -0.3 is 5.73 Å². The van der Waals surface area contributed by atoms with Crippen LogP contribution in [0.4, 0.5) is 5.82 Å². The Labute approximate surface area is 133 Å². The van der Waals surface area contributed by atoms with Crippen molar-refractivity contribution in [2.24, 2.45) is 0 Å². The second kappa shape index (κ2) is 4.86. The van der Waals surface area contributed by atoms with Gasteiger partial charge in [0.15, 0.2) is 5.65 Å². The number of aromatic nitrogens is 3. The van der Waals surface area contributed by atoms with Gasteiger partial charge in [-0.2, -0.15) is 0 Å². The lowest BCUT2D eigenvalue weighted by atomic mass is 10.2. The quantitative estimate of drug-likeness (QED) is 0.673. The van der Waals surface area contributed by atoms with E-state index in [1.807, 2.05) is 25.1 Å². The van der Waals surface area contributed by atoms with Crippen LogP contribution in [0.2, 0.25) is 0 Å². The molecule has 0 aliphatic carbocycles. The minimum Gasteiger partial charge on any atom is -0.383 e. The van der Waals surface area contributed by atoms with Crippen LogP contribution in [0.15, 0.2) is 33.5 Å². The van der Waals surface area contributed by atoms with Gasteiger partial charge in [0, 0.05) is 14.6 Å². The highest BCUT2D eigenvalue weighted by molar-refractivity contribution is 9.11. The first-order valence-corrected chi connectivity index (χ1v) is 7.63. The average molecular weight is 396 g/mol. The summed E-state index contributed by atoms with van der Waals surface area (Å²) in [5, 5.41) is 0.916. The summed E-state index contributed by atoms with van der Waals surface area (Å²) in [5.41, 5.74) is 10.1. The van der Waals surface area contributed by atoms with Crippen LogP contribution >= 0.6 is 31.9 Å². The molecule has 1 aromatic carbocycles. The van der Waals surface area contributed by atoms with Crippen LogP contribution < -0.4 is 5.73 Å². The van der Waals surface area contributed by atoms with E-state index in [-0.39, 0.29) is 0 Å². The maximum atomic E-state index is 6.00. The van der Waals surface area contributed by atoms with Crippen LogP contribution in [-0.4, -0.2) is 14.5 Å². The van der Waals surface area contributed by atoms with Crippen molar-refractivity contribution in [3.63, 3.8) is 0 Å². The van der Waals surface area contributed by atoms with E-state index in [1.165, 1.54) is 6.33 Å². The molecule has 3 rings (SSSR count). The number of rotatable bonds is 1. The average Bonchev–Trinajstić information content (AvgIpc) is 2.64. The highest BCUT2D eigenvalue weighted by Gasteiger charge is 2.17. The minimum atomic E-state index is 0.516. The van der Waals surface area contributed by atoms with Crippen LogP contribution in [0.3, 0.4) is 0 Å². The van der Waals surface area contributed by atoms with Crippen LogP contribution in [0.1, 0.15) is 11.3 Å². The molecule has 0 radical (unpaired) electrons. The zero-order valence-corrected chi connectivity index (χ0v) is 14.2. The fourth-order valence-corrected chi connectivity index (χ4v) is 3.61. The fourth-order valence-electron chi connectivity index (χ4n) is 2.38. The Morgan fingerprint density at radius 3 is 2.60 bits per heavy atom. The number of hydrogen-bond acceptors (Lipinski definition) is 3. The maximum Gasteiger partial charge on any atom is 0.150 e. The monoisotopic (exact) mass is 394 g/mol. The van der Waals surface area contributed by atoms with Gasteiger partial charge in [-0.05, 0) is 53.5 Å². The first-order valence-electron chi connectivity index (χ1n) is 6.04. The van der Waals surface area contributed by atoms with Crippen molar-refractivity contribution in [2.45, 2.75) is 13.8 Å². The molecule has 2 N–H and O–H groups in total. The minimum absolute atomic E-state index is 0.516. The van der Waals surface area contributed by atoms with Gasteiger partial charge in [0.05, 0.1) is 11.1 Å². The summed E-state index contributed by atoms with van der Waals surface area (Å²) >= 11 is 7.08. The number of hydrogen-bond donors (Lipinski definition) is 1. The second-order valence-corrected chi connectivity index (χ2v) is 6.37.